The Morgan fingerprint density at radius 2 is 2.00 bits per heavy atom. The van der Waals surface area contributed by atoms with Crippen LogP contribution in [-0.2, 0) is 16.4 Å². The number of ether oxygens (including phenoxy) is 1. The molecular weight excluding hydrogens is 252 g/mol. The lowest BCUT2D eigenvalue weighted by Gasteiger charge is -2.34. The molecule has 1 aromatic heterocycles. The maximum Gasteiger partial charge on any atom is 0.233 e. The predicted octanol–water partition coefficient (Wildman–Crippen LogP) is 0.746. The third-order valence-corrected chi connectivity index (χ3v) is 6.04. The number of hydrogen-bond acceptors (Lipinski definition) is 5. The zero-order valence-electron chi connectivity index (χ0n) is 10.2. The average molecular weight is 268 g/mol. The van der Waals surface area contributed by atoms with Crippen molar-refractivity contribution in [1.82, 2.24) is 10.2 Å². The van der Waals surface area contributed by atoms with Crippen molar-refractivity contribution >= 4 is 10.8 Å². The first-order chi connectivity index (χ1) is 8.62. The Morgan fingerprint density at radius 3 is 2.50 bits per heavy atom. The van der Waals surface area contributed by atoms with E-state index in [1.165, 1.54) is 7.11 Å². The standard InChI is InChI=1S/C12H16N2O3S/c1-17-11-5-4-10(13-14-11)12(15)6-8-2-3-9(7-12)18(8)16/h4-5,8-9,15H,2-3,6-7H2,1H3. The van der Waals surface area contributed by atoms with Crippen LogP contribution in [-0.4, -0.2) is 37.1 Å². The van der Waals surface area contributed by atoms with Crippen LogP contribution >= 0.6 is 0 Å². The van der Waals surface area contributed by atoms with Crippen LogP contribution < -0.4 is 4.74 Å². The Morgan fingerprint density at radius 1 is 1.33 bits per heavy atom. The van der Waals surface area contributed by atoms with Crippen molar-refractivity contribution in [3.05, 3.63) is 17.8 Å². The van der Waals surface area contributed by atoms with Gasteiger partial charge in [0.2, 0.25) is 5.88 Å². The fraction of sp³-hybridized carbons (Fsp3) is 0.667. The van der Waals surface area contributed by atoms with Crippen LogP contribution in [0.3, 0.4) is 0 Å². The molecule has 3 rings (SSSR count). The molecule has 2 unspecified atom stereocenters. The van der Waals surface area contributed by atoms with E-state index in [4.69, 9.17) is 4.74 Å². The highest BCUT2D eigenvalue weighted by Gasteiger charge is 2.49. The normalized spacial score (nSPS) is 38.7. The van der Waals surface area contributed by atoms with Crippen molar-refractivity contribution in [2.45, 2.75) is 41.8 Å². The van der Waals surface area contributed by atoms with Gasteiger partial charge in [0.15, 0.2) is 0 Å². The maximum absolute atomic E-state index is 12.0. The van der Waals surface area contributed by atoms with Gasteiger partial charge in [0.1, 0.15) is 5.60 Å². The van der Waals surface area contributed by atoms with Crippen molar-refractivity contribution in [1.29, 1.82) is 0 Å². The number of fused-ring (bicyclic) bond motifs is 2. The molecule has 0 amide bonds. The Bertz CT molecular complexity index is 461. The quantitative estimate of drug-likeness (QED) is 0.856. The number of aliphatic hydroxyl groups is 1. The monoisotopic (exact) mass is 268 g/mol. The molecule has 0 aliphatic carbocycles. The van der Waals surface area contributed by atoms with E-state index in [1.807, 2.05) is 0 Å². The molecule has 2 aliphatic rings. The molecule has 2 bridgehead atoms. The minimum absolute atomic E-state index is 0.109. The van der Waals surface area contributed by atoms with E-state index in [2.05, 4.69) is 10.2 Å². The smallest absolute Gasteiger partial charge is 0.233 e. The summed E-state index contributed by atoms with van der Waals surface area (Å²) in [5, 5.41) is 18.9. The third kappa shape index (κ3) is 1.83. The summed E-state index contributed by atoms with van der Waals surface area (Å²) in [6.45, 7) is 0. The van der Waals surface area contributed by atoms with Gasteiger partial charge >= 0.3 is 0 Å². The first-order valence-electron chi connectivity index (χ1n) is 6.12. The second kappa shape index (κ2) is 4.28. The van der Waals surface area contributed by atoms with Gasteiger partial charge in [0.05, 0.1) is 12.8 Å². The van der Waals surface area contributed by atoms with Crippen LogP contribution in [0.25, 0.3) is 0 Å². The van der Waals surface area contributed by atoms with Crippen molar-refractivity contribution < 1.29 is 14.1 Å². The van der Waals surface area contributed by atoms with Crippen LogP contribution in [0.4, 0.5) is 0 Å². The van der Waals surface area contributed by atoms with E-state index in [-0.39, 0.29) is 10.5 Å². The van der Waals surface area contributed by atoms with Gasteiger partial charge in [-0.1, -0.05) is 0 Å². The van der Waals surface area contributed by atoms with E-state index in [0.29, 0.717) is 24.4 Å². The van der Waals surface area contributed by atoms with E-state index >= 15 is 0 Å². The molecule has 0 saturated carbocycles. The SMILES string of the molecule is COc1ccc(C2(O)CC3CCC(C2)S3=O)nn1. The minimum Gasteiger partial charge on any atom is -0.480 e. The van der Waals surface area contributed by atoms with Gasteiger partial charge in [0.25, 0.3) is 0 Å². The van der Waals surface area contributed by atoms with Crippen molar-refractivity contribution in [2.24, 2.45) is 0 Å². The highest BCUT2D eigenvalue weighted by molar-refractivity contribution is 7.86. The van der Waals surface area contributed by atoms with Crippen LogP contribution in [0.5, 0.6) is 5.88 Å². The molecule has 6 heteroatoms. The fourth-order valence-corrected chi connectivity index (χ4v) is 5.13. The second-order valence-corrected chi connectivity index (χ2v) is 7.04. The predicted molar refractivity (Wildman–Crippen MR) is 66.7 cm³/mol. The topological polar surface area (TPSA) is 72.3 Å². The molecule has 0 radical (unpaired) electrons. The van der Waals surface area contributed by atoms with Crippen molar-refractivity contribution in [3.63, 3.8) is 0 Å². The molecular formula is C12H16N2O3S. The van der Waals surface area contributed by atoms with E-state index in [0.717, 1.165) is 12.8 Å². The van der Waals surface area contributed by atoms with Gasteiger partial charge < -0.3 is 9.84 Å². The highest BCUT2D eigenvalue weighted by atomic mass is 32.2. The van der Waals surface area contributed by atoms with Crippen LogP contribution in [0.2, 0.25) is 0 Å². The zero-order chi connectivity index (χ0) is 12.8. The molecule has 1 N–H and O–H groups in total. The minimum atomic E-state index is -0.973. The van der Waals surface area contributed by atoms with Gasteiger partial charge in [0, 0.05) is 27.4 Å². The summed E-state index contributed by atoms with van der Waals surface area (Å²) >= 11 is 0. The van der Waals surface area contributed by atoms with E-state index in [9.17, 15) is 9.32 Å². The molecule has 1 aromatic rings. The number of methoxy groups -OCH3 is 1. The van der Waals surface area contributed by atoms with Gasteiger partial charge in [-0.3, -0.25) is 4.21 Å². The molecule has 0 spiro atoms. The number of hydrogen-bond donors (Lipinski definition) is 1. The summed E-state index contributed by atoms with van der Waals surface area (Å²) < 4.78 is 16.9. The van der Waals surface area contributed by atoms with E-state index in [1.54, 1.807) is 12.1 Å². The summed E-state index contributed by atoms with van der Waals surface area (Å²) in [4.78, 5) is 0. The Kier molecular flexibility index (Phi) is 2.86. The molecule has 5 nitrogen and oxygen atoms in total. The summed E-state index contributed by atoms with van der Waals surface area (Å²) in [5.41, 5.74) is -0.407. The lowest BCUT2D eigenvalue weighted by atomic mass is 9.90. The van der Waals surface area contributed by atoms with Gasteiger partial charge in [-0.05, 0) is 31.7 Å². The van der Waals surface area contributed by atoms with Gasteiger partial charge in [-0.15, -0.1) is 10.2 Å². The highest BCUT2D eigenvalue weighted by Crippen LogP contribution is 2.45. The zero-order valence-corrected chi connectivity index (χ0v) is 11.0. The van der Waals surface area contributed by atoms with E-state index < -0.39 is 16.4 Å². The maximum atomic E-state index is 12.0. The first kappa shape index (κ1) is 12.0. The molecule has 2 aliphatic heterocycles. The largest absolute Gasteiger partial charge is 0.480 e. The summed E-state index contributed by atoms with van der Waals surface area (Å²) in [5.74, 6) is 0.435. The first-order valence-corrected chi connectivity index (χ1v) is 7.40. The van der Waals surface area contributed by atoms with Crippen LogP contribution in [0, 0.1) is 0 Å². The lowest BCUT2D eigenvalue weighted by molar-refractivity contribution is 0.0132. The molecule has 3 heterocycles. The molecule has 18 heavy (non-hydrogen) atoms. The fourth-order valence-electron chi connectivity index (χ4n) is 2.97. The number of nitrogens with zero attached hydrogens (tertiary/aromatic N) is 2. The van der Waals surface area contributed by atoms with Crippen LogP contribution in [0.1, 0.15) is 31.4 Å². The third-order valence-electron chi connectivity index (χ3n) is 3.92. The Labute approximate surface area is 108 Å². The van der Waals surface area contributed by atoms with Crippen LogP contribution in [0.15, 0.2) is 12.1 Å². The Balaban J connectivity index is 1.88. The summed E-state index contributed by atoms with van der Waals surface area (Å²) in [6, 6.07) is 3.45. The molecule has 2 fully saturated rings. The summed E-state index contributed by atoms with van der Waals surface area (Å²) in [6.07, 6.45) is 2.95. The molecule has 2 atom stereocenters. The van der Waals surface area contributed by atoms with Gasteiger partial charge in [-0.2, -0.15) is 0 Å². The number of rotatable bonds is 2. The average Bonchev–Trinajstić information content (AvgIpc) is 2.63. The molecule has 0 aromatic carbocycles. The van der Waals surface area contributed by atoms with Crippen molar-refractivity contribution in [2.75, 3.05) is 7.11 Å². The summed E-state index contributed by atoms with van der Waals surface area (Å²) in [7, 11) is 0.752. The van der Waals surface area contributed by atoms with Gasteiger partial charge in [-0.25, -0.2) is 0 Å². The number of aromatic nitrogens is 2. The molecule has 98 valence electrons. The van der Waals surface area contributed by atoms with Crippen molar-refractivity contribution in [3.8, 4) is 5.88 Å². The molecule has 2 saturated heterocycles. The lowest BCUT2D eigenvalue weighted by Crippen LogP contribution is -2.41. The Hall–Kier alpha value is -1.01. The second-order valence-electron chi connectivity index (χ2n) is 5.05.